The number of nitrogens with zero attached hydrogens (tertiary/aromatic N) is 1. The van der Waals surface area contributed by atoms with Gasteiger partial charge in [0.05, 0.1) is 5.25 Å². The monoisotopic (exact) mass is 256 g/mol. The summed E-state index contributed by atoms with van der Waals surface area (Å²) in [6, 6.07) is 0.795. The maximum Gasteiger partial charge on any atom is 0.235 e. The Morgan fingerprint density at radius 2 is 1.88 bits per heavy atom. The van der Waals surface area contributed by atoms with Gasteiger partial charge in [0.1, 0.15) is 0 Å². The molecule has 1 atom stereocenters. The Labute approximate surface area is 108 Å². The van der Waals surface area contributed by atoms with Crippen molar-refractivity contribution in [3.05, 3.63) is 0 Å². The fourth-order valence-corrected chi connectivity index (χ4v) is 4.13. The molecule has 0 aromatic rings. The van der Waals surface area contributed by atoms with Crippen LogP contribution < -0.4 is 5.73 Å². The summed E-state index contributed by atoms with van der Waals surface area (Å²) in [5.74, 6) is 1.51. The van der Waals surface area contributed by atoms with Crippen LogP contribution in [0.5, 0.6) is 0 Å². The van der Waals surface area contributed by atoms with Crippen LogP contribution in [0.15, 0.2) is 0 Å². The van der Waals surface area contributed by atoms with Gasteiger partial charge in [0.2, 0.25) is 5.91 Å². The lowest BCUT2D eigenvalue weighted by atomic mass is 9.91. The minimum absolute atomic E-state index is 0.226. The number of hydrogen-bond acceptors (Lipinski definition) is 3. The Kier molecular flexibility index (Phi) is 4.74. The first-order valence-electron chi connectivity index (χ1n) is 6.82. The van der Waals surface area contributed by atoms with Crippen LogP contribution in [0.3, 0.4) is 0 Å². The molecule has 1 unspecified atom stereocenters. The molecule has 0 bridgehead atoms. The van der Waals surface area contributed by atoms with E-state index in [1.165, 1.54) is 12.8 Å². The van der Waals surface area contributed by atoms with Crippen molar-refractivity contribution in [1.82, 2.24) is 4.90 Å². The van der Waals surface area contributed by atoms with Crippen LogP contribution in [0.25, 0.3) is 0 Å². The van der Waals surface area contributed by atoms with E-state index in [2.05, 4.69) is 0 Å². The zero-order chi connectivity index (χ0) is 12.3. The second kappa shape index (κ2) is 6.10. The minimum Gasteiger partial charge on any atom is -0.342 e. The number of hydrogen-bond donors (Lipinski definition) is 1. The Hall–Kier alpha value is -0.220. The van der Waals surface area contributed by atoms with E-state index < -0.39 is 0 Å². The van der Waals surface area contributed by atoms with Gasteiger partial charge in [-0.05, 0) is 44.3 Å². The average Bonchev–Trinajstić information content (AvgIpc) is 2.39. The Bertz CT molecular complexity index is 258. The molecular weight excluding hydrogens is 232 g/mol. The smallest absolute Gasteiger partial charge is 0.235 e. The molecule has 1 saturated carbocycles. The largest absolute Gasteiger partial charge is 0.342 e. The van der Waals surface area contributed by atoms with Gasteiger partial charge in [-0.25, -0.2) is 0 Å². The van der Waals surface area contributed by atoms with Gasteiger partial charge in [0.25, 0.3) is 0 Å². The third kappa shape index (κ3) is 3.38. The molecule has 1 heterocycles. The molecule has 2 aliphatic rings. The zero-order valence-electron chi connectivity index (χ0n) is 10.7. The van der Waals surface area contributed by atoms with Gasteiger partial charge in [0.15, 0.2) is 0 Å². The first kappa shape index (κ1) is 13.2. The normalized spacial score (nSPS) is 34.4. The van der Waals surface area contributed by atoms with Crippen LogP contribution >= 0.6 is 11.8 Å². The summed E-state index contributed by atoms with van der Waals surface area (Å²) in [5, 5.41) is 0.226. The van der Waals surface area contributed by atoms with Gasteiger partial charge in [-0.3, -0.25) is 4.79 Å². The fraction of sp³-hybridized carbons (Fsp3) is 0.923. The van der Waals surface area contributed by atoms with Crippen molar-refractivity contribution in [2.45, 2.75) is 62.3 Å². The summed E-state index contributed by atoms with van der Waals surface area (Å²) in [6.07, 6.45) is 7.87. The molecule has 2 rings (SSSR count). The van der Waals surface area contributed by atoms with E-state index in [0.717, 1.165) is 37.9 Å². The van der Waals surface area contributed by atoms with Crippen molar-refractivity contribution in [2.24, 2.45) is 5.73 Å². The lowest BCUT2D eigenvalue weighted by molar-refractivity contribution is -0.132. The van der Waals surface area contributed by atoms with E-state index in [1.54, 1.807) is 0 Å². The highest BCUT2D eigenvalue weighted by Gasteiger charge is 2.30. The third-order valence-corrected chi connectivity index (χ3v) is 5.46. The molecular formula is C13H24N2OS. The van der Waals surface area contributed by atoms with E-state index >= 15 is 0 Å². The van der Waals surface area contributed by atoms with E-state index in [-0.39, 0.29) is 5.25 Å². The van der Waals surface area contributed by atoms with E-state index in [9.17, 15) is 4.79 Å². The Morgan fingerprint density at radius 1 is 1.18 bits per heavy atom. The second-order valence-corrected chi connectivity index (χ2v) is 6.68. The lowest BCUT2D eigenvalue weighted by Gasteiger charge is -2.36. The number of carbonyl (C=O) groups excluding carboxylic acids is 1. The van der Waals surface area contributed by atoms with Gasteiger partial charge in [-0.15, -0.1) is 11.8 Å². The molecule has 17 heavy (non-hydrogen) atoms. The van der Waals surface area contributed by atoms with Crippen molar-refractivity contribution in [3.8, 4) is 0 Å². The number of nitrogens with two attached hydrogens (primary N) is 1. The summed E-state index contributed by atoms with van der Waals surface area (Å²) in [6.45, 7) is 0. The van der Waals surface area contributed by atoms with Crippen LogP contribution in [-0.4, -0.2) is 40.9 Å². The standard InChI is InChI=1S/C13H24N2OS/c1-15(11-7-5-10(14)6-8-11)13(16)12-4-2-3-9-17-12/h10-12H,2-9,14H2,1H3. The molecule has 0 radical (unpaired) electrons. The van der Waals surface area contributed by atoms with Crippen LogP contribution in [0.1, 0.15) is 44.9 Å². The van der Waals surface area contributed by atoms with Crippen LogP contribution in [0.2, 0.25) is 0 Å². The van der Waals surface area contributed by atoms with Crippen LogP contribution in [0, 0.1) is 0 Å². The third-order valence-electron chi connectivity index (χ3n) is 4.09. The van der Waals surface area contributed by atoms with Gasteiger partial charge >= 0.3 is 0 Å². The van der Waals surface area contributed by atoms with Gasteiger partial charge in [-0.1, -0.05) is 6.42 Å². The molecule has 0 aromatic carbocycles. The summed E-state index contributed by atoms with van der Waals surface area (Å²) in [5.41, 5.74) is 5.91. The predicted octanol–water partition coefficient (Wildman–Crippen LogP) is 2.00. The Balaban J connectivity index is 1.85. The van der Waals surface area contributed by atoms with E-state index in [1.807, 2.05) is 23.7 Å². The van der Waals surface area contributed by atoms with Crippen molar-refractivity contribution in [3.63, 3.8) is 0 Å². The number of rotatable bonds is 2. The molecule has 2 fully saturated rings. The fourth-order valence-electron chi connectivity index (χ4n) is 2.83. The van der Waals surface area contributed by atoms with Gasteiger partial charge in [-0.2, -0.15) is 0 Å². The molecule has 0 spiro atoms. The number of thioether (sulfide) groups is 1. The summed E-state index contributed by atoms with van der Waals surface area (Å²) in [4.78, 5) is 14.4. The van der Waals surface area contributed by atoms with Crippen molar-refractivity contribution >= 4 is 17.7 Å². The topological polar surface area (TPSA) is 46.3 Å². The van der Waals surface area contributed by atoms with Crippen LogP contribution in [0.4, 0.5) is 0 Å². The molecule has 1 amide bonds. The molecule has 4 heteroatoms. The summed E-state index contributed by atoms with van der Waals surface area (Å²) < 4.78 is 0. The predicted molar refractivity (Wildman–Crippen MR) is 73.1 cm³/mol. The second-order valence-electron chi connectivity index (χ2n) is 5.37. The highest BCUT2D eigenvalue weighted by molar-refractivity contribution is 8.00. The quantitative estimate of drug-likeness (QED) is 0.822. The first-order valence-corrected chi connectivity index (χ1v) is 7.87. The van der Waals surface area contributed by atoms with Crippen molar-refractivity contribution in [1.29, 1.82) is 0 Å². The molecule has 0 aromatic heterocycles. The van der Waals surface area contributed by atoms with Crippen molar-refractivity contribution in [2.75, 3.05) is 12.8 Å². The summed E-state index contributed by atoms with van der Waals surface area (Å²) in [7, 11) is 1.99. The zero-order valence-corrected chi connectivity index (χ0v) is 11.5. The van der Waals surface area contributed by atoms with E-state index in [0.29, 0.717) is 18.0 Å². The summed E-state index contributed by atoms with van der Waals surface area (Å²) >= 11 is 1.85. The molecule has 1 saturated heterocycles. The van der Waals surface area contributed by atoms with E-state index in [4.69, 9.17) is 5.73 Å². The number of amides is 1. The molecule has 3 nitrogen and oxygen atoms in total. The molecule has 2 N–H and O–H groups in total. The SMILES string of the molecule is CN(C(=O)C1CCCCS1)C1CCC(N)CC1. The van der Waals surface area contributed by atoms with Gasteiger partial charge < -0.3 is 10.6 Å². The Morgan fingerprint density at radius 3 is 2.47 bits per heavy atom. The molecule has 1 aliphatic carbocycles. The molecule has 1 aliphatic heterocycles. The molecule has 98 valence electrons. The lowest BCUT2D eigenvalue weighted by Crippen LogP contribution is -2.45. The first-order chi connectivity index (χ1) is 8.18. The van der Waals surface area contributed by atoms with Crippen molar-refractivity contribution < 1.29 is 4.79 Å². The average molecular weight is 256 g/mol. The highest BCUT2D eigenvalue weighted by atomic mass is 32.2. The minimum atomic E-state index is 0.226. The highest BCUT2D eigenvalue weighted by Crippen LogP contribution is 2.29. The van der Waals surface area contributed by atoms with Crippen LogP contribution in [-0.2, 0) is 4.79 Å². The number of carbonyl (C=O) groups is 1. The maximum atomic E-state index is 12.4. The maximum absolute atomic E-state index is 12.4. The van der Waals surface area contributed by atoms with Gasteiger partial charge in [0, 0.05) is 19.1 Å².